The van der Waals surface area contributed by atoms with Crippen molar-refractivity contribution in [1.29, 1.82) is 0 Å². The Bertz CT molecular complexity index is 250. The van der Waals surface area contributed by atoms with Crippen molar-refractivity contribution in [1.82, 2.24) is 0 Å². The number of fused-ring (bicyclic) bond motifs is 2. The van der Waals surface area contributed by atoms with Gasteiger partial charge in [0.1, 0.15) is 0 Å². The second kappa shape index (κ2) is 2.89. The molecule has 0 spiro atoms. The van der Waals surface area contributed by atoms with Crippen molar-refractivity contribution in [2.75, 3.05) is 0 Å². The third-order valence-corrected chi connectivity index (χ3v) is 2.98. The van der Waals surface area contributed by atoms with Gasteiger partial charge in [-0.2, -0.15) is 0 Å². The van der Waals surface area contributed by atoms with Gasteiger partial charge >= 0.3 is 0 Å². The van der Waals surface area contributed by atoms with Crippen LogP contribution in [0, 0.1) is 17.8 Å². The monoisotopic (exact) mass is 162 g/mol. The molecular formula is C11H14O. The summed E-state index contributed by atoms with van der Waals surface area (Å²) in [7, 11) is 0. The lowest BCUT2D eigenvalue weighted by atomic mass is 9.89. The smallest absolute Gasteiger partial charge is 0.159 e. The van der Waals surface area contributed by atoms with Crippen LogP contribution >= 0.6 is 0 Å². The van der Waals surface area contributed by atoms with Gasteiger partial charge in [-0.05, 0) is 37.7 Å². The number of carbonyl (C=O) groups excluding carboxylic acids is 1. The molecule has 1 fully saturated rings. The number of hydrogen-bond acceptors (Lipinski definition) is 1. The maximum Gasteiger partial charge on any atom is 0.159 e. The van der Waals surface area contributed by atoms with Gasteiger partial charge in [-0.15, -0.1) is 0 Å². The van der Waals surface area contributed by atoms with Gasteiger partial charge in [0.05, 0.1) is 0 Å². The Labute approximate surface area is 73.2 Å². The Balaban J connectivity index is 2.07. The summed E-state index contributed by atoms with van der Waals surface area (Å²) in [4.78, 5) is 11.5. The molecule has 2 rings (SSSR count). The maximum atomic E-state index is 11.5. The highest BCUT2D eigenvalue weighted by molar-refractivity contribution is 5.92. The van der Waals surface area contributed by atoms with E-state index in [1.54, 1.807) is 6.08 Å². The minimum atomic E-state index is 0.302. The highest BCUT2D eigenvalue weighted by Gasteiger charge is 2.38. The fourth-order valence-electron chi connectivity index (χ4n) is 2.40. The summed E-state index contributed by atoms with van der Waals surface area (Å²) in [6.07, 6.45) is 10.4. The first-order valence-corrected chi connectivity index (χ1v) is 4.66. The SMILES string of the molecule is C/C=C/C(=O)C1CC2C=CC1C2. The van der Waals surface area contributed by atoms with Crippen molar-refractivity contribution in [3.05, 3.63) is 24.3 Å². The van der Waals surface area contributed by atoms with E-state index in [0.29, 0.717) is 23.5 Å². The Morgan fingerprint density at radius 1 is 1.42 bits per heavy atom. The lowest BCUT2D eigenvalue weighted by Gasteiger charge is -2.13. The average molecular weight is 162 g/mol. The first-order chi connectivity index (χ1) is 5.81. The molecule has 1 heteroatoms. The number of ketones is 1. The zero-order valence-electron chi connectivity index (χ0n) is 7.36. The molecule has 0 amide bonds. The fourth-order valence-corrected chi connectivity index (χ4v) is 2.40. The van der Waals surface area contributed by atoms with E-state index in [1.807, 2.05) is 13.0 Å². The third kappa shape index (κ3) is 1.13. The van der Waals surface area contributed by atoms with Gasteiger partial charge in [-0.25, -0.2) is 0 Å². The summed E-state index contributed by atoms with van der Waals surface area (Å²) in [5.41, 5.74) is 0. The highest BCUT2D eigenvalue weighted by Crippen LogP contribution is 2.43. The van der Waals surface area contributed by atoms with Crippen molar-refractivity contribution in [2.45, 2.75) is 19.8 Å². The largest absolute Gasteiger partial charge is 0.295 e. The van der Waals surface area contributed by atoms with Gasteiger partial charge in [-0.3, -0.25) is 4.79 Å². The van der Waals surface area contributed by atoms with Crippen LogP contribution in [0.15, 0.2) is 24.3 Å². The summed E-state index contributed by atoms with van der Waals surface area (Å²) < 4.78 is 0. The van der Waals surface area contributed by atoms with E-state index in [2.05, 4.69) is 12.2 Å². The van der Waals surface area contributed by atoms with Crippen LogP contribution in [0.4, 0.5) is 0 Å². The number of allylic oxidation sites excluding steroid dienone is 4. The Morgan fingerprint density at radius 2 is 2.25 bits per heavy atom. The molecule has 2 bridgehead atoms. The lowest BCUT2D eigenvalue weighted by molar-refractivity contribution is -0.118. The van der Waals surface area contributed by atoms with E-state index in [9.17, 15) is 4.79 Å². The van der Waals surface area contributed by atoms with Crippen molar-refractivity contribution < 1.29 is 4.79 Å². The minimum absolute atomic E-state index is 0.302. The molecule has 3 atom stereocenters. The number of rotatable bonds is 2. The molecule has 1 saturated carbocycles. The molecule has 0 aromatic heterocycles. The Morgan fingerprint density at radius 3 is 2.75 bits per heavy atom. The van der Waals surface area contributed by atoms with Crippen LogP contribution in [-0.2, 0) is 4.79 Å². The number of carbonyl (C=O) groups is 1. The zero-order chi connectivity index (χ0) is 8.55. The van der Waals surface area contributed by atoms with Crippen molar-refractivity contribution >= 4 is 5.78 Å². The molecule has 0 saturated heterocycles. The van der Waals surface area contributed by atoms with E-state index in [1.165, 1.54) is 6.42 Å². The van der Waals surface area contributed by atoms with Gasteiger partial charge in [0.15, 0.2) is 5.78 Å². The molecule has 64 valence electrons. The fraction of sp³-hybridized carbons (Fsp3) is 0.545. The quantitative estimate of drug-likeness (QED) is 0.450. The van der Waals surface area contributed by atoms with E-state index in [0.717, 1.165) is 6.42 Å². The second-order valence-corrected chi connectivity index (χ2v) is 3.79. The molecule has 0 aliphatic heterocycles. The topological polar surface area (TPSA) is 17.1 Å². The number of hydrogen-bond donors (Lipinski definition) is 0. The van der Waals surface area contributed by atoms with Gasteiger partial charge in [0, 0.05) is 5.92 Å². The van der Waals surface area contributed by atoms with Gasteiger partial charge in [-0.1, -0.05) is 18.2 Å². The molecule has 2 aliphatic rings. The van der Waals surface area contributed by atoms with E-state index < -0.39 is 0 Å². The molecule has 0 aromatic carbocycles. The molecule has 3 unspecified atom stereocenters. The van der Waals surface area contributed by atoms with E-state index >= 15 is 0 Å². The van der Waals surface area contributed by atoms with Crippen LogP contribution in [0.5, 0.6) is 0 Å². The standard InChI is InChI=1S/C11H14O/c1-2-3-11(12)10-7-8-4-5-9(10)6-8/h2-5,8-10H,6-7H2,1H3/b3-2+. The molecule has 2 aliphatic carbocycles. The van der Waals surface area contributed by atoms with E-state index in [-0.39, 0.29) is 0 Å². The predicted octanol–water partition coefficient (Wildman–Crippen LogP) is 2.34. The summed E-state index contributed by atoms with van der Waals surface area (Å²) in [6.45, 7) is 1.90. The van der Waals surface area contributed by atoms with Crippen molar-refractivity contribution in [2.24, 2.45) is 17.8 Å². The van der Waals surface area contributed by atoms with Gasteiger partial charge in [0.25, 0.3) is 0 Å². The van der Waals surface area contributed by atoms with Crippen LogP contribution in [0.25, 0.3) is 0 Å². The van der Waals surface area contributed by atoms with Crippen molar-refractivity contribution in [3.8, 4) is 0 Å². The van der Waals surface area contributed by atoms with Crippen LogP contribution in [-0.4, -0.2) is 5.78 Å². The predicted molar refractivity (Wildman–Crippen MR) is 48.7 cm³/mol. The minimum Gasteiger partial charge on any atom is -0.295 e. The summed E-state index contributed by atoms with van der Waals surface area (Å²) in [6, 6.07) is 0. The second-order valence-electron chi connectivity index (χ2n) is 3.79. The molecule has 1 nitrogen and oxygen atoms in total. The van der Waals surface area contributed by atoms with Crippen LogP contribution < -0.4 is 0 Å². The third-order valence-electron chi connectivity index (χ3n) is 2.98. The Hall–Kier alpha value is -0.850. The Kier molecular flexibility index (Phi) is 1.87. The summed E-state index contributed by atoms with van der Waals surface area (Å²) in [5, 5.41) is 0. The first-order valence-electron chi connectivity index (χ1n) is 4.66. The van der Waals surface area contributed by atoms with E-state index in [4.69, 9.17) is 0 Å². The van der Waals surface area contributed by atoms with Gasteiger partial charge < -0.3 is 0 Å². The summed E-state index contributed by atoms with van der Waals surface area (Å²) >= 11 is 0. The lowest BCUT2D eigenvalue weighted by Crippen LogP contribution is -2.16. The van der Waals surface area contributed by atoms with Crippen LogP contribution in [0.1, 0.15) is 19.8 Å². The summed E-state index contributed by atoms with van der Waals surface area (Å²) in [5.74, 6) is 1.89. The molecule has 0 radical (unpaired) electrons. The molecular weight excluding hydrogens is 148 g/mol. The molecule has 0 N–H and O–H groups in total. The molecule has 0 aromatic rings. The zero-order valence-corrected chi connectivity index (χ0v) is 7.36. The normalized spacial score (nSPS) is 38.2. The first kappa shape index (κ1) is 7.78. The van der Waals surface area contributed by atoms with Crippen LogP contribution in [0.2, 0.25) is 0 Å². The maximum absolute atomic E-state index is 11.5. The van der Waals surface area contributed by atoms with Crippen molar-refractivity contribution in [3.63, 3.8) is 0 Å². The van der Waals surface area contributed by atoms with Crippen LogP contribution in [0.3, 0.4) is 0 Å². The molecule has 12 heavy (non-hydrogen) atoms. The average Bonchev–Trinajstić information content (AvgIpc) is 2.64. The molecule has 0 heterocycles. The highest BCUT2D eigenvalue weighted by atomic mass is 16.1. The van der Waals surface area contributed by atoms with Gasteiger partial charge in [0.2, 0.25) is 0 Å².